The maximum atomic E-state index is 12.9. The van der Waals surface area contributed by atoms with Crippen molar-refractivity contribution in [3.63, 3.8) is 0 Å². The molecule has 3 amide bonds. The van der Waals surface area contributed by atoms with Crippen LogP contribution in [-0.4, -0.2) is 57.7 Å². The molecule has 2 aromatic rings. The number of hydrogen-bond donors (Lipinski definition) is 3. The smallest absolute Gasteiger partial charge is 0.321 e. The lowest BCUT2D eigenvalue weighted by molar-refractivity contribution is -0.132. The predicted molar refractivity (Wildman–Crippen MR) is 107 cm³/mol. The van der Waals surface area contributed by atoms with E-state index < -0.39 is 12.1 Å². The third-order valence-corrected chi connectivity index (χ3v) is 5.81. The number of amides is 3. The number of benzene rings is 1. The van der Waals surface area contributed by atoms with Crippen LogP contribution in [-0.2, 0) is 11.2 Å². The van der Waals surface area contributed by atoms with Gasteiger partial charge in [0.1, 0.15) is 6.04 Å². The van der Waals surface area contributed by atoms with Crippen LogP contribution in [0.2, 0.25) is 0 Å². The minimum Gasteiger partial charge on any atom is -0.339 e. The minimum absolute atomic E-state index is 0.0565. The first-order chi connectivity index (χ1) is 12.6. The van der Waals surface area contributed by atoms with Crippen LogP contribution in [0.4, 0.5) is 9.93 Å². The van der Waals surface area contributed by atoms with E-state index in [0.29, 0.717) is 28.6 Å². The van der Waals surface area contributed by atoms with Gasteiger partial charge in [0.2, 0.25) is 11.0 Å². The minimum atomic E-state index is -0.632. The SMILES string of the molecule is O=C(Nc1n[nH]c(=S)s1)N[C@@H](Cc1ccccc1)C(=O)N1CCSCC1. The quantitative estimate of drug-likeness (QED) is 0.660. The van der Waals surface area contributed by atoms with Crippen LogP contribution in [0.3, 0.4) is 0 Å². The van der Waals surface area contributed by atoms with Crippen molar-refractivity contribution in [2.24, 2.45) is 0 Å². The summed E-state index contributed by atoms with van der Waals surface area (Å²) in [5.41, 5.74) is 0.993. The molecule has 1 aliphatic rings. The molecule has 138 valence electrons. The van der Waals surface area contributed by atoms with Gasteiger partial charge in [-0.1, -0.05) is 41.7 Å². The van der Waals surface area contributed by atoms with E-state index in [2.05, 4.69) is 20.8 Å². The Morgan fingerprint density at radius 1 is 1.27 bits per heavy atom. The van der Waals surface area contributed by atoms with E-state index in [4.69, 9.17) is 12.2 Å². The Morgan fingerprint density at radius 2 is 2.00 bits per heavy atom. The molecule has 1 fully saturated rings. The number of thioether (sulfide) groups is 1. The highest BCUT2D eigenvalue weighted by atomic mass is 32.2. The lowest BCUT2D eigenvalue weighted by atomic mass is 10.0. The molecule has 1 aromatic heterocycles. The van der Waals surface area contributed by atoms with Crippen LogP contribution in [0.25, 0.3) is 0 Å². The highest BCUT2D eigenvalue weighted by molar-refractivity contribution is 7.99. The number of hydrogen-bond acceptors (Lipinski definition) is 6. The fraction of sp³-hybridized carbons (Fsp3) is 0.375. The molecule has 1 aliphatic heterocycles. The van der Waals surface area contributed by atoms with Gasteiger partial charge < -0.3 is 10.2 Å². The first kappa shape index (κ1) is 18.9. The zero-order chi connectivity index (χ0) is 18.4. The second kappa shape index (κ2) is 9.15. The Labute approximate surface area is 164 Å². The summed E-state index contributed by atoms with van der Waals surface area (Å²) in [6.45, 7) is 1.41. The van der Waals surface area contributed by atoms with E-state index in [1.807, 2.05) is 47.0 Å². The summed E-state index contributed by atoms with van der Waals surface area (Å²) in [6.07, 6.45) is 0.438. The topological polar surface area (TPSA) is 90.1 Å². The molecule has 0 bridgehead atoms. The number of carbonyl (C=O) groups is 2. The van der Waals surface area contributed by atoms with Crippen LogP contribution >= 0.6 is 35.3 Å². The van der Waals surface area contributed by atoms with Gasteiger partial charge in [0.05, 0.1) is 0 Å². The van der Waals surface area contributed by atoms with Gasteiger partial charge in [0.15, 0.2) is 3.95 Å². The number of aromatic nitrogens is 2. The first-order valence-corrected chi connectivity index (χ1v) is 10.5. The molecular weight excluding hydrogens is 390 g/mol. The lowest BCUT2D eigenvalue weighted by Gasteiger charge is -2.30. The van der Waals surface area contributed by atoms with Crippen LogP contribution in [0.1, 0.15) is 5.56 Å². The molecule has 2 heterocycles. The average molecular weight is 410 g/mol. The van der Waals surface area contributed by atoms with Crippen molar-refractivity contribution in [1.82, 2.24) is 20.4 Å². The number of anilines is 1. The molecule has 1 aromatic carbocycles. The zero-order valence-electron chi connectivity index (χ0n) is 13.9. The summed E-state index contributed by atoms with van der Waals surface area (Å²) >= 11 is 7.95. The van der Waals surface area contributed by atoms with Crippen LogP contribution < -0.4 is 10.6 Å². The molecule has 0 saturated carbocycles. The molecule has 1 saturated heterocycles. The molecule has 0 unspecified atom stereocenters. The zero-order valence-corrected chi connectivity index (χ0v) is 16.4. The fourth-order valence-electron chi connectivity index (χ4n) is 2.63. The third-order valence-electron chi connectivity index (χ3n) is 3.87. The highest BCUT2D eigenvalue weighted by Gasteiger charge is 2.27. The lowest BCUT2D eigenvalue weighted by Crippen LogP contribution is -2.52. The van der Waals surface area contributed by atoms with Crippen molar-refractivity contribution in [3.8, 4) is 0 Å². The monoisotopic (exact) mass is 409 g/mol. The molecule has 3 N–H and O–H groups in total. The molecule has 10 heteroatoms. The Kier molecular flexibility index (Phi) is 6.64. The molecule has 7 nitrogen and oxygen atoms in total. The summed E-state index contributed by atoms with van der Waals surface area (Å²) < 4.78 is 0.475. The fourth-order valence-corrected chi connectivity index (χ4v) is 4.32. The summed E-state index contributed by atoms with van der Waals surface area (Å²) in [6, 6.07) is 8.57. The average Bonchev–Trinajstić information content (AvgIpc) is 3.06. The number of carbonyl (C=O) groups excluding carboxylic acids is 2. The Balaban J connectivity index is 1.69. The van der Waals surface area contributed by atoms with Gasteiger partial charge in [-0.15, -0.1) is 5.10 Å². The largest absolute Gasteiger partial charge is 0.339 e. The Bertz CT molecular complexity index is 801. The summed E-state index contributed by atoms with van der Waals surface area (Å²) in [7, 11) is 0. The van der Waals surface area contributed by atoms with Crippen molar-refractivity contribution >= 4 is 52.4 Å². The Morgan fingerprint density at radius 3 is 2.65 bits per heavy atom. The van der Waals surface area contributed by atoms with E-state index in [0.717, 1.165) is 28.4 Å². The normalized spacial score (nSPS) is 15.3. The number of aromatic amines is 1. The molecular formula is C16H19N5O2S3. The summed E-state index contributed by atoms with van der Waals surface area (Å²) in [5.74, 6) is 1.79. The van der Waals surface area contributed by atoms with E-state index in [1.54, 1.807) is 0 Å². The predicted octanol–water partition coefficient (Wildman–Crippen LogP) is 2.51. The maximum Gasteiger partial charge on any atom is 0.321 e. The van der Waals surface area contributed by atoms with E-state index in [9.17, 15) is 9.59 Å². The van der Waals surface area contributed by atoms with Gasteiger partial charge in [-0.3, -0.25) is 15.2 Å². The van der Waals surface area contributed by atoms with Gasteiger partial charge in [0.25, 0.3) is 0 Å². The second-order valence-electron chi connectivity index (χ2n) is 5.70. The van der Waals surface area contributed by atoms with Gasteiger partial charge in [-0.05, 0) is 17.8 Å². The summed E-state index contributed by atoms with van der Waals surface area (Å²) in [5, 5.41) is 12.3. The number of nitrogens with one attached hydrogen (secondary N) is 3. The number of rotatable bonds is 5. The van der Waals surface area contributed by atoms with E-state index in [-0.39, 0.29) is 5.91 Å². The van der Waals surface area contributed by atoms with Crippen LogP contribution in [0.15, 0.2) is 30.3 Å². The number of urea groups is 1. The van der Waals surface area contributed by atoms with Crippen molar-refractivity contribution in [3.05, 3.63) is 39.8 Å². The molecule has 0 aliphatic carbocycles. The van der Waals surface area contributed by atoms with E-state index in [1.165, 1.54) is 0 Å². The first-order valence-electron chi connectivity index (χ1n) is 8.15. The van der Waals surface area contributed by atoms with E-state index >= 15 is 0 Å². The van der Waals surface area contributed by atoms with Crippen molar-refractivity contribution in [1.29, 1.82) is 0 Å². The number of H-pyrrole nitrogens is 1. The van der Waals surface area contributed by atoms with Crippen molar-refractivity contribution in [2.75, 3.05) is 29.9 Å². The molecule has 1 atom stereocenters. The van der Waals surface area contributed by atoms with Crippen LogP contribution in [0.5, 0.6) is 0 Å². The molecule has 0 radical (unpaired) electrons. The molecule has 3 rings (SSSR count). The van der Waals surface area contributed by atoms with Crippen molar-refractivity contribution < 1.29 is 9.59 Å². The molecule has 0 spiro atoms. The molecule has 26 heavy (non-hydrogen) atoms. The Hall–Kier alpha value is -1.91. The van der Waals surface area contributed by atoms with Gasteiger partial charge >= 0.3 is 6.03 Å². The highest BCUT2D eigenvalue weighted by Crippen LogP contribution is 2.14. The standard InChI is InChI=1S/C16H19N5O2S3/c22-13(21-6-8-25-9-7-21)12(10-11-4-2-1-3-5-11)17-14(23)18-15-19-20-16(24)26-15/h1-5,12H,6-10H2,(H,20,24)(H2,17,18,19,23)/t12-/m0/s1. The van der Waals surface area contributed by atoms with Crippen molar-refractivity contribution in [2.45, 2.75) is 12.5 Å². The second-order valence-corrected chi connectivity index (χ2v) is 8.59. The maximum absolute atomic E-state index is 12.9. The van der Waals surface area contributed by atoms with Gasteiger partial charge in [0, 0.05) is 31.0 Å². The summed E-state index contributed by atoms with van der Waals surface area (Å²) in [4.78, 5) is 27.1. The van der Waals surface area contributed by atoms with Gasteiger partial charge in [-0.25, -0.2) is 4.79 Å². The van der Waals surface area contributed by atoms with Crippen LogP contribution in [0, 0.1) is 3.95 Å². The number of nitrogens with zero attached hydrogens (tertiary/aromatic N) is 2. The third kappa shape index (κ3) is 5.29. The van der Waals surface area contributed by atoms with Gasteiger partial charge in [-0.2, -0.15) is 11.8 Å².